The van der Waals surface area contributed by atoms with Crippen LogP contribution < -0.4 is 5.73 Å². The van der Waals surface area contributed by atoms with Gasteiger partial charge in [-0.25, -0.2) is 4.98 Å². The van der Waals surface area contributed by atoms with Crippen LogP contribution in [0.4, 0.5) is 4.39 Å². The van der Waals surface area contributed by atoms with Gasteiger partial charge >= 0.3 is 6.08 Å². The highest BCUT2D eigenvalue weighted by molar-refractivity contribution is 7.80. The average Bonchev–Trinajstić information content (AvgIpc) is 2.98. The van der Waals surface area contributed by atoms with E-state index in [1.165, 1.54) is 6.33 Å². The molecule has 3 rings (SSSR count). The highest BCUT2D eigenvalue weighted by atomic mass is 32.1. The summed E-state index contributed by atoms with van der Waals surface area (Å²) in [7, 11) is 0. The average molecular weight is 319 g/mol. The zero-order chi connectivity index (χ0) is 15.6. The molecule has 1 aliphatic rings. The third kappa shape index (κ3) is 3.64. The lowest BCUT2D eigenvalue weighted by Crippen LogP contribution is -2.43. The first kappa shape index (κ1) is 16.0. The van der Waals surface area contributed by atoms with Gasteiger partial charge in [-0.2, -0.15) is 14.4 Å². The van der Waals surface area contributed by atoms with Crippen molar-refractivity contribution in [1.82, 2.24) is 19.9 Å². The molecule has 3 heterocycles. The molecule has 1 saturated heterocycles. The standard InChI is InChI=1S/C5H3FN4S.C5H11NO4/c6-5-9-3-2(4(11)10-5)7-1-8-3;6-5(9)4-3(8)2(7)1-10-4/h1H,(H2,7,8,9,10,11);2-5,7-9H,1,6H2/t;2-,3-,4-,5?/m.0/s1. The van der Waals surface area contributed by atoms with Gasteiger partial charge in [0.2, 0.25) is 0 Å². The van der Waals surface area contributed by atoms with E-state index in [0.29, 0.717) is 11.2 Å². The predicted molar refractivity (Wildman–Crippen MR) is 70.8 cm³/mol. The molecule has 9 nitrogen and oxygen atoms in total. The Morgan fingerprint density at radius 1 is 1.48 bits per heavy atom. The molecule has 0 aliphatic carbocycles. The molecule has 0 aromatic carbocycles. The Kier molecular flexibility index (Phi) is 5.03. The van der Waals surface area contributed by atoms with E-state index in [0.717, 1.165) is 0 Å². The first-order valence-corrected chi connectivity index (χ1v) is 6.32. The van der Waals surface area contributed by atoms with Gasteiger partial charge in [0.25, 0.3) is 0 Å². The summed E-state index contributed by atoms with van der Waals surface area (Å²) < 4.78 is 17.2. The Balaban J connectivity index is 0.000000155. The Labute approximate surface area is 123 Å². The van der Waals surface area contributed by atoms with Crippen LogP contribution in [0.2, 0.25) is 0 Å². The molecule has 116 valence electrons. The van der Waals surface area contributed by atoms with E-state index < -0.39 is 30.6 Å². The molecule has 0 radical (unpaired) electrons. The van der Waals surface area contributed by atoms with Crippen LogP contribution in [0.15, 0.2) is 11.4 Å². The first-order valence-electron chi connectivity index (χ1n) is 5.87. The summed E-state index contributed by atoms with van der Waals surface area (Å²) >= 11 is 3.92. The maximum Gasteiger partial charge on any atom is 0.311 e. The highest BCUT2D eigenvalue weighted by Gasteiger charge is 2.37. The topological polar surface area (TPSA) is 150 Å². The number of aromatic amines is 1. The molecule has 0 bridgehead atoms. The van der Waals surface area contributed by atoms with Gasteiger partial charge in [-0.05, 0) is 0 Å². The van der Waals surface area contributed by atoms with E-state index in [-0.39, 0.29) is 11.6 Å². The second kappa shape index (κ2) is 6.60. The van der Waals surface area contributed by atoms with E-state index in [1.54, 1.807) is 0 Å². The largest absolute Gasteiger partial charge is 0.388 e. The fraction of sp³-hybridized carbons (Fsp3) is 0.500. The van der Waals surface area contributed by atoms with Crippen LogP contribution in [0.1, 0.15) is 0 Å². The quantitative estimate of drug-likeness (QED) is 0.155. The van der Waals surface area contributed by atoms with Crippen LogP contribution >= 0.6 is 12.6 Å². The summed E-state index contributed by atoms with van der Waals surface area (Å²) in [4.78, 5) is 13.3. The number of rotatable bonds is 1. The van der Waals surface area contributed by atoms with Gasteiger partial charge in [0.15, 0.2) is 5.65 Å². The van der Waals surface area contributed by atoms with Crippen molar-refractivity contribution >= 4 is 23.8 Å². The van der Waals surface area contributed by atoms with Crippen molar-refractivity contribution in [2.45, 2.75) is 29.6 Å². The van der Waals surface area contributed by atoms with Crippen molar-refractivity contribution in [3.05, 3.63) is 12.4 Å². The van der Waals surface area contributed by atoms with Crippen LogP contribution in [0, 0.1) is 6.08 Å². The summed E-state index contributed by atoms with van der Waals surface area (Å²) in [6, 6.07) is 0. The van der Waals surface area contributed by atoms with E-state index in [9.17, 15) is 4.39 Å². The summed E-state index contributed by atoms with van der Waals surface area (Å²) in [5.41, 5.74) is 5.85. The van der Waals surface area contributed by atoms with Gasteiger partial charge in [0.1, 0.15) is 35.1 Å². The summed E-state index contributed by atoms with van der Waals surface area (Å²) in [6.07, 6.45) is -3.47. The number of ether oxygens (including phenoxy) is 1. The smallest absolute Gasteiger partial charge is 0.311 e. The second-order valence-electron chi connectivity index (χ2n) is 4.26. The lowest BCUT2D eigenvalue weighted by Gasteiger charge is -2.16. The van der Waals surface area contributed by atoms with Gasteiger partial charge in [0, 0.05) is 0 Å². The van der Waals surface area contributed by atoms with Gasteiger partial charge < -0.3 is 30.8 Å². The number of nitrogens with two attached hydrogens (primary N) is 1. The SMILES string of the molecule is Fc1nc(S)c2[nH]cnc2n1.NC(O)[C@H]1OC[C@H](O)[C@@H]1O. The molecular formula is C10H14FN5O4S. The number of fused-ring (bicyclic) bond motifs is 1. The van der Waals surface area contributed by atoms with Crippen LogP contribution in [0.25, 0.3) is 11.2 Å². The zero-order valence-corrected chi connectivity index (χ0v) is 11.5. The molecule has 21 heavy (non-hydrogen) atoms. The molecule has 1 aliphatic heterocycles. The molecule has 1 unspecified atom stereocenters. The third-order valence-corrected chi connectivity index (χ3v) is 3.09. The van der Waals surface area contributed by atoms with Crippen molar-refractivity contribution in [3.8, 4) is 0 Å². The maximum atomic E-state index is 12.4. The molecule has 0 saturated carbocycles. The number of hydrogen-bond donors (Lipinski definition) is 6. The normalized spacial score (nSPS) is 26.5. The van der Waals surface area contributed by atoms with Crippen molar-refractivity contribution < 1.29 is 24.4 Å². The number of H-pyrrole nitrogens is 1. The Hall–Kier alpha value is -1.37. The Morgan fingerprint density at radius 2 is 2.19 bits per heavy atom. The lowest BCUT2D eigenvalue weighted by molar-refractivity contribution is -0.0477. The van der Waals surface area contributed by atoms with Crippen LogP contribution in [-0.4, -0.2) is 66.4 Å². The summed E-state index contributed by atoms with van der Waals surface area (Å²) in [5, 5.41) is 26.9. The van der Waals surface area contributed by atoms with Crippen LogP contribution in [0.3, 0.4) is 0 Å². The maximum absolute atomic E-state index is 12.4. The number of thiol groups is 1. The van der Waals surface area contributed by atoms with Gasteiger partial charge in [-0.3, -0.25) is 0 Å². The Bertz CT molecular complexity index is 612. The number of nitrogens with one attached hydrogen (secondary N) is 1. The van der Waals surface area contributed by atoms with Crippen LogP contribution in [0.5, 0.6) is 0 Å². The zero-order valence-electron chi connectivity index (χ0n) is 10.6. The number of aliphatic hydroxyl groups is 3. The van der Waals surface area contributed by atoms with Crippen molar-refractivity contribution in [2.24, 2.45) is 5.73 Å². The first-order chi connectivity index (χ1) is 9.90. The van der Waals surface area contributed by atoms with Gasteiger partial charge in [-0.15, -0.1) is 12.6 Å². The lowest BCUT2D eigenvalue weighted by atomic mass is 10.1. The molecule has 6 N–H and O–H groups in total. The van der Waals surface area contributed by atoms with E-state index in [2.05, 4.69) is 32.6 Å². The second-order valence-corrected chi connectivity index (χ2v) is 4.69. The van der Waals surface area contributed by atoms with Gasteiger partial charge in [-0.1, -0.05) is 0 Å². The van der Waals surface area contributed by atoms with Crippen LogP contribution in [-0.2, 0) is 4.74 Å². The minimum atomic E-state index is -1.23. The molecule has 0 spiro atoms. The van der Waals surface area contributed by atoms with E-state index in [1.807, 2.05) is 0 Å². The molecular weight excluding hydrogens is 305 g/mol. The minimum absolute atomic E-state index is 0.0279. The molecule has 2 aromatic rings. The monoisotopic (exact) mass is 319 g/mol. The van der Waals surface area contributed by atoms with E-state index in [4.69, 9.17) is 25.8 Å². The van der Waals surface area contributed by atoms with Gasteiger partial charge in [0.05, 0.1) is 12.9 Å². The fourth-order valence-electron chi connectivity index (χ4n) is 1.72. The molecule has 4 atom stereocenters. The minimum Gasteiger partial charge on any atom is -0.388 e. The molecule has 1 fully saturated rings. The number of hydrogen-bond acceptors (Lipinski definition) is 9. The fourth-order valence-corrected chi connectivity index (χ4v) is 1.97. The molecule has 11 heteroatoms. The Morgan fingerprint density at radius 3 is 2.71 bits per heavy atom. The number of halogens is 1. The third-order valence-electron chi connectivity index (χ3n) is 2.77. The number of aliphatic hydroxyl groups excluding tert-OH is 3. The number of nitrogens with zero attached hydrogens (tertiary/aromatic N) is 3. The van der Waals surface area contributed by atoms with Crippen molar-refractivity contribution in [3.63, 3.8) is 0 Å². The molecule has 2 aromatic heterocycles. The van der Waals surface area contributed by atoms with E-state index >= 15 is 0 Å². The van der Waals surface area contributed by atoms with Crippen molar-refractivity contribution in [2.75, 3.05) is 6.61 Å². The number of imidazole rings is 1. The van der Waals surface area contributed by atoms with Crippen molar-refractivity contribution in [1.29, 1.82) is 0 Å². The predicted octanol–water partition coefficient (Wildman–Crippen LogP) is -1.84. The molecule has 0 amide bonds. The number of aromatic nitrogens is 4. The summed E-state index contributed by atoms with van der Waals surface area (Å²) in [5.74, 6) is 0. The highest BCUT2D eigenvalue weighted by Crippen LogP contribution is 2.15. The summed E-state index contributed by atoms with van der Waals surface area (Å²) in [6.45, 7) is 0.0279.